The second kappa shape index (κ2) is 11.2. The predicted molar refractivity (Wildman–Crippen MR) is 161 cm³/mol. The molecule has 0 radical (unpaired) electrons. The molecule has 2 aromatic heterocycles. The molecule has 0 bridgehead atoms. The number of hydrogen-bond donors (Lipinski definition) is 3. The van der Waals surface area contributed by atoms with Crippen LogP contribution >= 0.6 is 0 Å². The largest absolute Gasteiger partial charge is 0.478 e. The number of nitrogens with one attached hydrogen (secondary N) is 2. The summed E-state index contributed by atoms with van der Waals surface area (Å²) < 4.78 is 2.09. The summed E-state index contributed by atoms with van der Waals surface area (Å²) in [5, 5.41) is 15.9. The van der Waals surface area contributed by atoms with Crippen LogP contribution in [0.15, 0.2) is 67.0 Å². The molecule has 0 atom stereocenters. The molecular formula is C33H33N5O4. The van der Waals surface area contributed by atoms with Gasteiger partial charge in [0, 0.05) is 47.7 Å². The Kier molecular flexibility index (Phi) is 7.33. The first-order chi connectivity index (χ1) is 20.3. The third-order valence-corrected chi connectivity index (χ3v) is 8.62. The zero-order valence-electron chi connectivity index (χ0n) is 23.5. The van der Waals surface area contributed by atoms with E-state index in [-0.39, 0.29) is 11.8 Å². The zero-order valence-corrected chi connectivity index (χ0v) is 23.5. The zero-order chi connectivity index (χ0) is 29.3. The highest BCUT2D eigenvalue weighted by Crippen LogP contribution is 2.44. The Bertz CT molecular complexity index is 1680. The lowest BCUT2D eigenvalue weighted by atomic mass is 9.75. The molecule has 2 aliphatic carbocycles. The molecule has 42 heavy (non-hydrogen) atoms. The van der Waals surface area contributed by atoms with E-state index in [1.807, 2.05) is 31.3 Å². The first-order valence-electron chi connectivity index (χ1n) is 14.4. The van der Waals surface area contributed by atoms with Crippen LogP contribution in [0.2, 0.25) is 0 Å². The van der Waals surface area contributed by atoms with Gasteiger partial charge in [0.1, 0.15) is 5.54 Å². The van der Waals surface area contributed by atoms with E-state index in [0.717, 1.165) is 41.9 Å². The average Bonchev–Trinajstić information content (AvgIpc) is 3.61. The first-order valence-corrected chi connectivity index (χ1v) is 14.4. The van der Waals surface area contributed by atoms with Gasteiger partial charge in [0.2, 0.25) is 5.91 Å². The summed E-state index contributed by atoms with van der Waals surface area (Å²) in [6, 6.07) is 14.5. The van der Waals surface area contributed by atoms with E-state index in [1.54, 1.807) is 36.7 Å². The standard InChI is InChI=1S/C33H33N5O4/c1-38-26-20-23(11-14-25(26)28(22-6-2-3-7-22)29(38)30-34-18-5-19-35-30)31(41)37-33(16-4-17-33)32(42)36-24-12-8-21(9-13-24)10-15-27(39)40/h5,8-15,18-20,22H,2-4,6-7,16-17H2,1H3,(H,36,42)(H,37,41)(H,39,40)/b15-10+. The van der Waals surface area contributed by atoms with Gasteiger partial charge in [0.15, 0.2) is 5.82 Å². The molecule has 2 aromatic carbocycles. The lowest BCUT2D eigenvalue weighted by Crippen LogP contribution is -2.61. The molecule has 0 unspecified atom stereocenters. The fourth-order valence-corrected chi connectivity index (χ4v) is 6.25. The molecule has 2 aliphatic rings. The number of nitrogens with zero attached hydrogens (tertiary/aromatic N) is 3. The van der Waals surface area contributed by atoms with Crippen LogP contribution in [0.25, 0.3) is 28.5 Å². The van der Waals surface area contributed by atoms with Crippen LogP contribution in [0.1, 0.15) is 72.3 Å². The van der Waals surface area contributed by atoms with Crippen molar-refractivity contribution in [1.82, 2.24) is 19.9 Å². The van der Waals surface area contributed by atoms with Gasteiger partial charge in [-0.3, -0.25) is 9.59 Å². The number of carbonyl (C=O) groups is 3. The van der Waals surface area contributed by atoms with Crippen molar-refractivity contribution < 1.29 is 19.5 Å². The van der Waals surface area contributed by atoms with Gasteiger partial charge in [0.05, 0.1) is 5.69 Å². The van der Waals surface area contributed by atoms with Gasteiger partial charge >= 0.3 is 5.97 Å². The second-order valence-electron chi connectivity index (χ2n) is 11.2. The van der Waals surface area contributed by atoms with E-state index < -0.39 is 11.5 Å². The summed E-state index contributed by atoms with van der Waals surface area (Å²) in [6.07, 6.45) is 12.7. The molecule has 6 rings (SSSR count). The molecule has 9 nitrogen and oxygen atoms in total. The van der Waals surface area contributed by atoms with Crippen molar-refractivity contribution in [2.45, 2.75) is 56.4 Å². The van der Waals surface area contributed by atoms with Gasteiger partial charge in [-0.2, -0.15) is 0 Å². The van der Waals surface area contributed by atoms with E-state index in [1.165, 1.54) is 24.5 Å². The Labute approximate surface area is 243 Å². The number of carbonyl (C=O) groups excluding carboxylic acids is 2. The molecule has 214 valence electrons. The highest BCUT2D eigenvalue weighted by atomic mass is 16.4. The van der Waals surface area contributed by atoms with Crippen molar-refractivity contribution in [2.75, 3.05) is 5.32 Å². The molecule has 0 spiro atoms. The maximum Gasteiger partial charge on any atom is 0.328 e. The van der Waals surface area contributed by atoms with Gasteiger partial charge in [-0.25, -0.2) is 14.8 Å². The Morgan fingerprint density at radius 1 is 1.00 bits per heavy atom. The van der Waals surface area contributed by atoms with Gasteiger partial charge in [0.25, 0.3) is 5.91 Å². The highest BCUT2D eigenvalue weighted by Gasteiger charge is 2.45. The van der Waals surface area contributed by atoms with Crippen molar-refractivity contribution in [2.24, 2.45) is 7.05 Å². The first kappa shape index (κ1) is 27.4. The van der Waals surface area contributed by atoms with Crippen LogP contribution < -0.4 is 10.6 Å². The molecule has 2 amide bonds. The summed E-state index contributed by atoms with van der Waals surface area (Å²) >= 11 is 0. The lowest BCUT2D eigenvalue weighted by molar-refractivity contribution is -0.131. The maximum absolute atomic E-state index is 13.6. The SMILES string of the molecule is Cn1c(-c2ncccn2)c(C2CCCC2)c2ccc(C(=O)NC3(C(=O)Nc4ccc(/C=C/C(=O)O)cc4)CCC3)cc21. The summed E-state index contributed by atoms with van der Waals surface area (Å²) in [5.41, 5.74) is 3.98. The third-order valence-electron chi connectivity index (χ3n) is 8.62. The van der Waals surface area contributed by atoms with Gasteiger partial charge < -0.3 is 20.3 Å². The number of fused-ring (bicyclic) bond motifs is 1. The normalized spacial score (nSPS) is 16.4. The number of carboxylic acids is 1. The summed E-state index contributed by atoms with van der Waals surface area (Å²) in [7, 11) is 2.00. The van der Waals surface area contributed by atoms with Gasteiger partial charge in [-0.05, 0) is 85.6 Å². The van der Waals surface area contributed by atoms with Crippen molar-refractivity contribution in [3.05, 3.63) is 83.7 Å². The number of benzene rings is 2. The number of carboxylic acid groups (broad SMARTS) is 1. The highest BCUT2D eigenvalue weighted by molar-refractivity contribution is 6.06. The molecule has 2 heterocycles. The number of anilines is 1. The van der Waals surface area contributed by atoms with Crippen LogP contribution in [0.3, 0.4) is 0 Å². The molecule has 2 saturated carbocycles. The second-order valence-corrected chi connectivity index (χ2v) is 11.2. The number of aromatic nitrogens is 3. The number of hydrogen-bond acceptors (Lipinski definition) is 5. The smallest absolute Gasteiger partial charge is 0.328 e. The van der Waals surface area contributed by atoms with E-state index >= 15 is 0 Å². The fourth-order valence-electron chi connectivity index (χ4n) is 6.25. The molecule has 4 aromatic rings. The summed E-state index contributed by atoms with van der Waals surface area (Å²) in [5.74, 6) is -0.470. The minimum Gasteiger partial charge on any atom is -0.478 e. The van der Waals surface area contributed by atoms with Crippen molar-refractivity contribution >= 4 is 40.4 Å². The predicted octanol–water partition coefficient (Wildman–Crippen LogP) is 5.68. The molecule has 9 heteroatoms. The monoisotopic (exact) mass is 563 g/mol. The van der Waals surface area contributed by atoms with E-state index in [2.05, 4.69) is 25.2 Å². The fraction of sp³-hybridized carbons (Fsp3) is 0.303. The third kappa shape index (κ3) is 5.18. The molecular weight excluding hydrogens is 530 g/mol. The maximum atomic E-state index is 13.6. The summed E-state index contributed by atoms with van der Waals surface area (Å²) in [6.45, 7) is 0. The van der Waals surface area contributed by atoms with E-state index in [0.29, 0.717) is 41.4 Å². The van der Waals surface area contributed by atoms with E-state index in [4.69, 9.17) is 5.11 Å². The lowest BCUT2D eigenvalue weighted by Gasteiger charge is -2.40. The molecule has 0 aliphatic heterocycles. The van der Waals surface area contributed by atoms with Crippen molar-refractivity contribution in [1.29, 1.82) is 0 Å². The van der Waals surface area contributed by atoms with Crippen LogP contribution in [-0.2, 0) is 16.6 Å². The average molecular weight is 564 g/mol. The number of aliphatic carboxylic acids is 1. The molecule has 3 N–H and O–H groups in total. The van der Waals surface area contributed by atoms with E-state index in [9.17, 15) is 14.4 Å². The minimum absolute atomic E-state index is 0.261. The number of amides is 2. The van der Waals surface area contributed by atoms with Gasteiger partial charge in [-0.1, -0.05) is 31.0 Å². The Morgan fingerprint density at radius 2 is 1.71 bits per heavy atom. The minimum atomic E-state index is -1.03. The van der Waals surface area contributed by atoms with Gasteiger partial charge in [-0.15, -0.1) is 0 Å². The van der Waals surface area contributed by atoms with Crippen LogP contribution in [0.4, 0.5) is 5.69 Å². The van der Waals surface area contributed by atoms with Crippen molar-refractivity contribution in [3.8, 4) is 11.5 Å². The van der Waals surface area contributed by atoms with Crippen LogP contribution in [0, 0.1) is 0 Å². The summed E-state index contributed by atoms with van der Waals surface area (Å²) in [4.78, 5) is 46.8. The Hall–Kier alpha value is -4.79. The Balaban J connectivity index is 1.25. The molecule has 0 saturated heterocycles. The number of rotatable bonds is 8. The topological polar surface area (TPSA) is 126 Å². The Morgan fingerprint density at radius 3 is 2.36 bits per heavy atom. The van der Waals surface area contributed by atoms with Crippen molar-refractivity contribution in [3.63, 3.8) is 0 Å². The number of aryl methyl sites for hydroxylation is 1. The molecule has 2 fully saturated rings. The quantitative estimate of drug-likeness (QED) is 0.237. The van der Waals surface area contributed by atoms with Crippen LogP contribution in [-0.4, -0.2) is 43.0 Å². The van der Waals surface area contributed by atoms with Crippen LogP contribution in [0.5, 0.6) is 0 Å².